The van der Waals surface area contributed by atoms with Gasteiger partial charge in [-0.25, -0.2) is 5.43 Å². The predicted octanol–water partition coefficient (Wildman–Crippen LogP) is 3.74. The molecule has 2 rings (SSSR count). The number of alkyl halides is 3. The topological polar surface area (TPSA) is 47.3 Å². The van der Waals surface area contributed by atoms with E-state index < -0.39 is 12.4 Å². The number of hydrogen-bond acceptors (Lipinski definition) is 3. The van der Waals surface area contributed by atoms with Crippen molar-refractivity contribution in [2.24, 2.45) is 5.84 Å². The van der Waals surface area contributed by atoms with E-state index in [0.717, 1.165) is 9.13 Å². The maximum atomic E-state index is 12.3. The van der Waals surface area contributed by atoms with Crippen LogP contribution in [0.1, 0.15) is 17.2 Å². The van der Waals surface area contributed by atoms with Crippen molar-refractivity contribution in [3.63, 3.8) is 0 Å². The van der Waals surface area contributed by atoms with Crippen molar-refractivity contribution in [1.82, 2.24) is 5.43 Å². The summed E-state index contributed by atoms with van der Waals surface area (Å²) in [7, 11) is 0. The van der Waals surface area contributed by atoms with Crippen LogP contribution in [0, 0.1) is 3.57 Å². The molecule has 0 aliphatic heterocycles. The lowest BCUT2D eigenvalue weighted by molar-refractivity contribution is -0.274. The lowest BCUT2D eigenvalue weighted by Crippen LogP contribution is -2.29. The highest BCUT2D eigenvalue weighted by atomic mass is 127. The molecule has 2 aromatic carbocycles. The van der Waals surface area contributed by atoms with Crippen molar-refractivity contribution in [2.75, 3.05) is 0 Å². The Hall–Kier alpha value is -1.32. The molecular formula is C14H12F3IN2O. The van der Waals surface area contributed by atoms with Gasteiger partial charge in [0.15, 0.2) is 0 Å². The molecule has 0 amide bonds. The van der Waals surface area contributed by atoms with Gasteiger partial charge >= 0.3 is 6.36 Å². The standard InChI is InChI=1S/C14H12F3IN2O/c15-14(16,17)21-12-3-1-2-10(8-12)13(20-19)9-4-6-11(18)7-5-9/h1-8,13,20H,19H2. The molecule has 0 saturated carbocycles. The van der Waals surface area contributed by atoms with Gasteiger partial charge in [-0.15, -0.1) is 13.2 Å². The molecule has 1 atom stereocenters. The van der Waals surface area contributed by atoms with Gasteiger partial charge in [0.2, 0.25) is 0 Å². The molecule has 0 aliphatic carbocycles. The third-order valence-corrected chi connectivity index (χ3v) is 3.51. The van der Waals surface area contributed by atoms with Crippen LogP contribution in [0.2, 0.25) is 0 Å². The fraction of sp³-hybridized carbons (Fsp3) is 0.143. The Bertz CT molecular complexity index is 602. The lowest BCUT2D eigenvalue weighted by atomic mass is 9.99. The number of hydrogen-bond donors (Lipinski definition) is 2. The van der Waals surface area contributed by atoms with Crippen LogP contribution in [-0.4, -0.2) is 6.36 Å². The van der Waals surface area contributed by atoms with Gasteiger partial charge in [-0.3, -0.25) is 5.84 Å². The number of nitrogens with one attached hydrogen (secondary N) is 1. The van der Waals surface area contributed by atoms with Crippen molar-refractivity contribution < 1.29 is 17.9 Å². The molecule has 3 N–H and O–H groups in total. The van der Waals surface area contributed by atoms with Crippen LogP contribution >= 0.6 is 22.6 Å². The average Bonchev–Trinajstić information content (AvgIpc) is 2.40. The van der Waals surface area contributed by atoms with Crippen molar-refractivity contribution in [3.8, 4) is 5.75 Å². The quantitative estimate of drug-likeness (QED) is 0.461. The minimum Gasteiger partial charge on any atom is -0.406 e. The van der Waals surface area contributed by atoms with Gasteiger partial charge in [0, 0.05) is 3.57 Å². The Labute approximate surface area is 133 Å². The fourth-order valence-corrected chi connectivity index (χ4v) is 2.29. The molecule has 0 spiro atoms. The number of benzene rings is 2. The summed E-state index contributed by atoms with van der Waals surface area (Å²) in [5, 5.41) is 0. The van der Waals surface area contributed by atoms with Gasteiger partial charge in [0.05, 0.1) is 6.04 Å². The summed E-state index contributed by atoms with van der Waals surface area (Å²) in [6.07, 6.45) is -4.72. The van der Waals surface area contributed by atoms with Crippen molar-refractivity contribution in [3.05, 3.63) is 63.2 Å². The molecule has 0 bridgehead atoms. The largest absolute Gasteiger partial charge is 0.573 e. The molecule has 1 unspecified atom stereocenters. The highest BCUT2D eigenvalue weighted by molar-refractivity contribution is 14.1. The van der Waals surface area contributed by atoms with Gasteiger partial charge in [-0.1, -0.05) is 24.3 Å². The Kier molecular flexibility index (Phi) is 5.07. The average molecular weight is 408 g/mol. The van der Waals surface area contributed by atoms with E-state index >= 15 is 0 Å². The summed E-state index contributed by atoms with van der Waals surface area (Å²) >= 11 is 2.17. The summed E-state index contributed by atoms with van der Waals surface area (Å²) in [5.74, 6) is 5.26. The molecule has 2 aromatic rings. The Morgan fingerprint density at radius 1 is 1.05 bits per heavy atom. The van der Waals surface area contributed by atoms with E-state index in [1.54, 1.807) is 6.07 Å². The molecule has 7 heteroatoms. The van der Waals surface area contributed by atoms with Crippen LogP contribution < -0.4 is 16.0 Å². The lowest BCUT2D eigenvalue weighted by Gasteiger charge is -2.18. The zero-order chi connectivity index (χ0) is 15.5. The molecule has 0 aliphatic rings. The Morgan fingerprint density at radius 2 is 1.71 bits per heavy atom. The van der Waals surface area contributed by atoms with Crippen molar-refractivity contribution >= 4 is 22.6 Å². The Morgan fingerprint density at radius 3 is 2.29 bits per heavy atom. The first-order valence-electron chi connectivity index (χ1n) is 5.96. The smallest absolute Gasteiger partial charge is 0.406 e. The van der Waals surface area contributed by atoms with Crippen LogP contribution in [-0.2, 0) is 0 Å². The van der Waals surface area contributed by atoms with Gasteiger partial charge in [-0.05, 0) is 58.0 Å². The fourth-order valence-electron chi connectivity index (χ4n) is 1.93. The SMILES string of the molecule is NNC(c1ccc(I)cc1)c1cccc(OC(F)(F)F)c1. The number of halogens is 4. The maximum absolute atomic E-state index is 12.3. The van der Waals surface area contributed by atoms with Gasteiger partial charge in [-0.2, -0.15) is 0 Å². The highest BCUT2D eigenvalue weighted by Gasteiger charge is 2.31. The van der Waals surface area contributed by atoms with Crippen molar-refractivity contribution in [1.29, 1.82) is 0 Å². The molecule has 0 heterocycles. The molecule has 112 valence electrons. The normalized spacial score (nSPS) is 13.0. The third-order valence-electron chi connectivity index (χ3n) is 2.80. The first-order chi connectivity index (χ1) is 9.89. The van der Waals surface area contributed by atoms with Crippen molar-refractivity contribution in [2.45, 2.75) is 12.4 Å². The van der Waals surface area contributed by atoms with Crippen LogP contribution in [0.5, 0.6) is 5.75 Å². The number of ether oxygens (including phenoxy) is 1. The van der Waals surface area contributed by atoms with Crippen LogP contribution in [0.25, 0.3) is 0 Å². The number of hydrazine groups is 1. The first-order valence-corrected chi connectivity index (χ1v) is 7.04. The van der Waals surface area contributed by atoms with E-state index in [4.69, 9.17) is 5.84 Å². The summed E-state index contributed by atoms with van der Waals surface area (Å²) in [4.78, 5) is 0. The van der Waals surface area contributed by atoms with Crippen LogP contribution in [0.15, 0.2) is 48.5 Å². The number of nitrogens with two attached hydrogens (primary N) is 1. The zero-order valence-corrected chi connectivity index (χ0v) is 12.9. The Balaban J connectivity index is 2.30. The van der Waals surface area contributed by atoms with Gasteiger partial charge in [0.1, 0.15) is 5.75 Å². The van der Waals surface area contributed by atoms with E-state index in [1.807, 2.05) is 24.3 Å². The summed E-state index contributed by atoms with van der Waals surface area (Å²) in [5.41, 5.74) is 4.04. The summed E-state index contributed by atoms with van der Waals surface area (Å²) < 4.78 is 41.8. The second kappa shape index (κ2) is 6.63. The first kappa shape index (κ1) is 16.1. The van der Waals surface area contributed by atoms with Crippen LogP contribution in [0.4, 0.5) is 13.2 Å². The van der Waals surface area contributed by atoms with E-state index in [-0.39, 0.29) is 5.75 Å². The molecule has 0 fully saturated rings. The molecule has 0 saturated heterocycles. The second-order valence-electron chi connectivity index (χ2n) is 4.27. The van der Waals surface area contributed by atoms with Crippen LogP contribution in [0.3, 0.4) is 0 Å². The molecule has 3 nitrogen and oxygen atoms in total. The monoisotopic (exact) mass is 408 g/mol. The summed E-state index contributed by atoms with van der Waals surface area (Å²) in [6, 6.07) is 12.9. The maximum Gasteiger partial charge on any atom is 0.573 e. The van der Waals surface area contributed by atoms with E-state index in [0.29, 0.717) is 5.56 Å². The summed E-state index contributed by atoms with van der Waals surface area (Å²) in [6.45, 7) is 0. The minimum absolute atomic E-state index is 0.272. The van der Waals surface area contributed by atoms with E-state index in [2.05, 4.69) is 32.8 Å². The zero-order valence-electron chi connectivity index (χ0n) is 10.7. The minimum atomic E-state index is -4.72. The molecule has 0 aromatic heterocycles. The third kappa shape index (κ3) is 4.58. The van der Waals surface area contributed by atoms with Gasteiger partial charge < -0.3 is 4.74 Å². The molecule has 0 radical (unpaired) electrons. The number of rotatable bonds is 4. The van der Waals surface area contributed by atoms with E-state index in [1.165, 1.54) is 18.2 Å². The predicted molar refractivity (Wildman–Crippen MR) is 81.5 cm³/mol. The molecular weight excluding hydrogens is 396 g/mol. The van der Waals surface area contributed by atoms with E-state index in [9.17, 15) is 13.2 Å². The second-order valence-corrected chi connectivity index (χ2v) is 5.52. The molecule has 21 heavy (non-hydrogen) atoms. The van der Waals surface area contributed by atoms with Gasteiger partial charge in [0.25, 0.3) is 0 Å². The highest BCUT2D eigenvalue weighted by Crippen LogP contribution is 2.28.